The van der Waals surface area contributed by atoms with Gasteiger partial charge in [0.25, 0.3) is 5.91 Å². The Kier molecular flexibility index (Phi) is 5.37. The predicted molar refractivity (Wildman–Crippen MR) is 104 cm³/mol. The number of carbonyl (C=O) groups is 1. The molecule has 1 aromatic heterocycles. The maximum Gasteiger partial charge on any atom is 0.256 e. The van der Waals surface area contributed by atoms with Crippen molar-refractivity contribution in [2.24, 2.45) is 4.99 Å². The van der Waals surface area contributed by atoms with E-state index in [1.54, 1.807) is 22.9 Å². The number of hydrogen-bond donors (Lipinski definition) is 0. The van der Waals surface area contributed by atoms with Crippen molar-refractivity contribution in [1.82, 2.24) is 4.57 Å². The van der Waals surface area contributed by atoms with Crippen LogP contribution in [-0.2, 0) is 0 Å². The van der Waals surface area contributed by atoms with Gasteiger partial charge in [-0.05, 0) is 48.7 Å². The molecule has 140 valence electrons. The lowest BCUT2D eigenvalue weighted by Crippen LogP contribution is -2.27. The first-order chi connectivity index (χ1) is 13.3. The predicted octanol–water partition coefficient (Wildman–Crippen LogP) is 3.85. The monoisotopic (exact) mass is 364 g/mol. The molecule has 1 aliphatic heterocycles. The Labute approximate surface area is 159 Å². The van der Waals surface area contributed by atoms with Crippen molar-refractivity contribution in [2.75, 3.05) is 13.2 Å². The van der Waals surface area contributed by atoms with Crippen molar-refractivity contribution >= 4 is 12.0 Å². The number of nitrogens with zero attached hydrogens (tertiary/aromatic N) is 2. The molecule has 2 heterocycles. The van der Waals surface area contributed by atoms with E-state index < -0.39 is 0 Å². The van der Waals surface area contributed by atoms with Crippen molar-refractivity contribution in [1.29, 1.82) is 0 Å². The Hall–Kier alpha value is -2.82. The van der Waals surface area contributed by atoms with Crippen LogP contribution in [0.5, 0.6) is 11.5 Å². The van der Waals surface area contributed by atoms with Gasteiger partial charge in [0, 0.05) is 12.3 Å². The van der Waals surface area contributed by atoms with Crippen molar-refractivity contribution < 1.29 is 14.3 Å². The van der Waals surface area contributed by atoms with E-state index in [0.717, 1.165) is 35.4 Å². The molecule has 0 N–H and O–H groups in total. The molecule has 5 nitrogen and oxygen atoms in total. The lowest BCUT2D eigenvalue weighted by atomic mass is 9.96. The van der Waals surface area contributed by atoms with Gasteiger partial charge in [0.2, 0.25) is 0 Å². The van der Waals surface area contributed by atoms with Crippen LogP contribution in [0.1, 0.15) is 42.5 Å². The topological polar surface area (TPSA) is 52.8 Å². The fourth-order valence-electron chi connectivity index (χ4n) is 3.53. The highest BCUT2D eigenvalue weighted by atomic mass is 16.6. The molecule has 0 bridgehead atoms. The molecule has 0 amide bonds. The van der Waals surface area contributed by atoms with Crippen LogP contribution >= 0.6 is 0 Å². The van der Waals surface area contributed by atoms with Gasteiger partial charge < -0.3 is 9.47 Å². The highest BCUT2D eigenvalue weighted by molar-refractivity contribution is 5.93. The van der Waals surface area contributed by atoms with Gasteiger partial charge in [-0.1, -0.05) is 31.4 Å². The molecule has 2 aliphatic rings. The Morgan fingerprint density at radius 3 is 2.70 bits per heavy atom. The number of ether oxygens (including phenoxy) is 2. The molecule has 0 unspecified atom stereocenters. The van der Waals surface area contributed by atoms with E-state index in [0.29, 0.717) is 19.3 Å². The summed E-state index contributed by atoms with van der Waals surface area (Å²) >= 11 is 0. The number of carbonyl (C=O) groups excluding carboxylic acids is 1. The lowest BCUT2D eigenvalue weighted by Gasteiger charge is -2.18. The molecule has 0 atom stereocenters. The molecule has 1 fully saturated rings. The number of rotatable bonds is 3. The SMILES string of the molecule is O=C(/C=C/c1ccc2c(c1)OCCO2)n1ccccc1=NC1CCCCC1. The summed E-state index contributed by atoms with van der Waals surface area (Å²) in [7, 11) is 0. The second-order valence-electron chi connectivity index (χ2n) is 6.92. The van der Waals surface area contributed by atoms with Crippen LogP contribution in [0.25, 0.3) is 6.08 Å². The number of benzene rings is 1. The van der Waals surface area contributed by atoms with Crippen LogP contribution in [0, 0.1) is 0 Å². The van der Waals surface area contributed by atoms with Gasteiger partial charge >= 0.3 is 0 Å². The van der Waals surface area contributed by atoms with Gasteiger partial charge in [-0.15, -0.1) is 0 Å². The van der Waals surface area contributed by atoms with Gasteiger partial charge in [0.15, 0.2) is 11.5 Å². The Morgan fingerprint density at radius 2 is 1.85 bits per heavy atom. The standard InChI is InChI=1S/C22H24N2O3/c25-22(12-10-17-9-11-19-20(16-17)27-15-14-26-19)24-13-5-4-8-21(24)23-18-6-2-1-3-7-18/h4-5,8-13,16,18H,1-3,6-7,14-15H2/b12-10+,23-21?. The zero-order chi connectivity index (χ0) is 18.5. The number of hydrogen-bond acceptors (Lipinski definition) is 4. The Bertz CT molecular complexity index is 908. The summed E-state index contributed by atoms with van der Waals surface area (Å²) in [5, 5.41) is 0. The van der Waals surface area contributed by atoms with Gasteiger partial charge in [-0.2, -0.15) is 0 Å². The molecule has 0 radical (unpaired) electrons. The first kappa shape index (κ1) is 17.6. The molecular formula is C22H24N2O3. The second kappa shape index (κ2) is 8.25. The molecule has 0 spiro atoms. The van der Waals surface area contributed by atoms with Gasteiger partial charge in [-0.25, -0.2) is 0 Å². The average Bonchev–Trinajstić information content (AvgIpc) is 2.73. The first-order valence-corrected chi connectivity index (χ1v) is 9.63. The average molecular weight is 364 g/mol. The number of pyridine rings is 1. The summed E-state index contributed by atoms with van der Waals surface area (Å²) in [6.45, 7) is 1.11. The van der Waals surface area contributed by atoms with E-state index in [1.165, 1.54) is 19.3 Å². The Morgan fingerprint density at radius 1 is 1.04 bits per heavy atom. The Balaban J connectivity index is 1.55. The zero-order valence-electron chi connectivity index (χ0n) is 15.3. The minimum absolute atomic E-state index is 0.111. The molecule has 5 heteroatoms. The van der Waals surface area contributed by atoms with Crippen LogP contribution in [0.3, 0.4) is 0 Å². The van der Waals surface area contributed by atoms with Crippen LogP contribution in [0.2, 0.25) is 0 Å². The first-order valence-electron chi connectivity index (χ1n) is 9.63. The molecule has 1 saturated carbocycles. The molecule has 2 aromatic rings. The zero-order valence-corrected chi connectivity index (χ0v) is 15.3. The number of allylic oxidation sites excluding steroid dienone is 1. The van der Waals surface area contributed by atoms with Gasteiger partial charge in [-0.3, -0.25) is 14.4 Å². The third-order valence-corrected chi connectivity index (χ3v) is 4.95. The summed E-state index contributed by atoms with van der Waals surface area (Å²) in [5.41, 5.74) is 1.62. The van der Waals surface area contributed by atoms with Crippen molar-refractivity contribution in [3.63, 3.8) is 0 Å². The molecule has 4 rings (SSSR count). The highest BCUT2D eigenvalue weighted by Gasteiger charge is 2.13. The minimum Gasteiger partial charge on any atom is -0.486 e. The lowest BCUT2D eigenvalue weighted by molar-refractivity contribution is 0.0964. The molecular weight excluding hydrogens is 340 g/mol. The van der Waals surface area contributed by atoms with E-state index in [1.807, 2.05) is 36.4 Å². The van der Waals surface area contributed by atoms with Gasteiger partial charge in [0.1, 0.15) is 18.7 Å². The van der Waals surface area contributed by atoms with Crippen molar-refractivity contribution in [3.05, 3.63) is 59.7 Å². The second-order valence-corrected chi connectivity index (χ2v) is 6.92. The fourth-order valence-corrected chi connectivity index (χ4v) is 3.53. The molecule has 1 aromatic carbocycles. The van der Waals surface area contributed by atoms with Crippen LogP contribution < -0.4 is 15.0 Å². The summed E-state index contributed by atoms with van der Waals surface area (Å²) < 4.78 is 12.7. The van der Waals surface area contributed by atoms with E-state index >= 15 is 0 Å². The molecule has 27 heavy (non-hydrogen) atoms. The molecule has 1 aliphatic carbocycles. The van der Waals surface area contributed by atoms with Crippen molar-refractivity contribution in [2.45, 2.75) is 38.1 Å². The number of aromatic nitrogens is 1. The normalized spacial score (nSPS) is 18.0. The smallest absolute Gasteiger partial charge is 0.256 e. The summed E-state index contributed by atoms with van der Waals surface area (Å²) in [4.78, 5) is 17.6. The van der Waals surface area contributed by atoms with E-state index in [2.05, 4.69) is 0 Å². The van der Waals surface area contributed by atoms with Crippen LogP contribution in [0.15, 0.2) is 53.7 Å². The molecule has 0 saturated heterocycles. The van der Waals surface area contributed by atoms with E-state index in [9.17, 15) is 4.79 Å². The fraction of sp³-hybridized carbons (Fsp3) is 0.364. The van der Waals surface area contributed by atoms with Gasteiger partial charge in [0.05, 0.1) is 6.04 Å². The van der Waals surface area contributed by atoms with E-state index in [4.69, 9.17) is 14.5 Å². The summed E-state index contributed by atoms with van der Waals surface area (Å²) in [5.74, 6) is 1.35. The largest absolute Gasteiger partial charge is 0.486 e. The van der Waals surface area contributed by atoms with Crippen molar-refractivity contribution in [3.8, 4) is 11.5 Å². The highest BCUT2D eigenvalue weighted by Crippen LogP contribution is 2.31. The number of fused-ring (bicyclic) bond motifs is 1. The van der Waals surface area contributed by atoms with Crippen LogP contribution in [0.4, 0.5) is 0 Å². The third-order valence-electron chi connectivity index (χ3n) is 4.95. The summed E-state index contributed by atoms with van der Waals surface area (Å²) in [6.07, 6.45) is 11.1. The minimum atomic E-state index is -0.111. The van der Waals surface area contributed by atoms with E-state index in [-0.39, 0.29) is 5.91 Å². The third kappa shape index (κ3) is 4.30. The quantitative estimate of drug-likeness (QED) is 0.778. The van der Waals surface area contributed by atoms with Crippen LogP contribution in [-0.4, -0.2) is 29.7 Å². The maximum absolute atomic E-state index is 12.7. The maximum atomic E-state index is 12.7. The summed E-state index contributed by atoms with van der Waals surface area (Å²) in [6, 6.07) is 11.7.